The van der Waals surface area contributed by atoms with Crippen LogP contribution >= 0.6 is 11.3 Å². The van der Waals surface area contributed by atoms with Crippen molar-refractivity contribution >= 4 is 28.2 Å². The minimum atomic E-state index is -0.112. The highest BCUT2D eigenvalue weighted by molar-refractivity contribution is 7.18. The van der Waals surface area contributed by atoms with Crippen LogP contribution in [0.1, 0.15) is 49.7 Å². The molecule has 1 aromatic heterocycles. The van der Waals surface area contributed by atoms with E-state index in [9.17, 15) is 4.79 Å². The van der Waals surface area contributed by atoms with Gasteiger partial charge >= 0.3 is 0 Å². The van der Waals surface area contributed by atoms with E-state index < -0.39 is 0 Å². The highest BCUT2D eigenvalue weighted by Gasteiger charge is 2.25. The van der Waals surface area contributed by atoms with Crippen molar-refractivity contribution in [3.63, 3.8) is 0 Å². The second-order valence-corrected chi connectivity index (χ2v) is 6.38. The molecule has 4 N–H and O–H groups in total. The van der Waals surface area contributed by atoms with E-state index in [0.717, 1.165) is 11.6 Å². The van der Waals surface area contributed by atoms with E-state index >= 15 is 0 Å². The molecule has 1 aromatic rings. The molecule has 0 spiro atoms. The number of carbonyl (C=O) groups is 1. The van der Waals surface area contributed by atoms with Crippen molar-refractivity contribution < 1.29 is 4.79 Å². The number of thiazole rings is 1. The fraction of sp³-hybridized carbons (Fsp3) is 0.692. The fourth-order valence-corrected chi connectivity index (χ4v) is 2.80. The number of hydrogen-bond acceptors (Lipinski definition) is 5. The first kappa shape index (κ1) is 14.1. The molecule has 0 aliphatic heterocycles. The van der Waals surface area contributed by atoms with Gasteiger partial charge in [0, 0.05) is 12.1 Å². The van der Waals surface area contributed by atoms with E-state index in [2.05, 4.69) is 36.4 Å². The summed E-state index contributed by atoms with van der Waals surface area (Å²) >= 11 is 1.34. The van der Waals surface area contributed by atoms with Crippen LogP contribution in [0.15, 0.2) is 0 Å². The molecular weight excluding hydrogens is 260 g/mol. The van der Waals surface area contributed by atoms with Crippen LogP contribution in [-0.2, 0) is 0 Å². The lowest BCUT2D eigenvalue weighted by Gasteiger charge is -2.20. The Morgan fingerprint density at radius 3 is 2.74 bits per heavy atom. The summed E-state index contributed by atoms with van der Waals surface area (Å²) in [6, 6.07) is 0.689. The molecule has 1 heterocycles. The molecule has 1 amide bonds. The number of nitrogens with two attached hydrogens (primary N) is 1. The Morgan fingerprint density at radius 1 is 1.53 bits per heavy atom. The molecule has 1 saturated carbocycles. The van der Waals surface area contributed by atoms with Crippen LogP contribution in [0.2, 0.25) is 0 Å². The largest absolute Gasteiger partial charge is 0.382 e. The molecule has 2 rings (SSSR count). The van der Waals surface area contributed by atoms with Crippen molar-refractivity contribution in [1.82, 2.24) is 10.3 Å². The van der Waals surface area contributed by atoms with Gasteiger partial charge in [0.15, 0.2) is 5.13 Å². The Kier molecular flexibility index (Phi) is 4.29. The third-order valence-corrected chi connectivity index (χ3v) is 4.33. The van der Waals surface area contributed by atoms with Crippen molar-refractivity contribution in [2.75, 3.05) is 11.1 Å². The lowest BCUT2D eigenvalue weighted by Crippen LogP contribution is -2.37. The van der Waals surface area contributed by atoms with Crippen LogP contribution in [0.5, 0.6) is 0 Å². The number of rotatable bonds is 6. The maximum atomic E-state index is 12.2. The first-order valence-electron chi connectivity index (χ1n) is 6.85. The lowest BCUT2D eigenvalue weighted by atomic mass is 10.0. The van der Waals surface area contributed by atoms with Gasteiger partial charge in [0.25, 0.3) is 5.91 Å². The van der Waals surface area contributed by atoms with Crippen LogP contribution in [0.4, 0.5) is 10.9 Å². The Labute approximate surface area is 118 Å². The molecule has 1 unspecified atom stereocenters. The standard InChI is InChI=1S/C13H22N4OS/c1-4-9(7(2)3)16-12(18)10-11(14)17-13(19-10)15-8-5-6-8/h7-9H,4-6,14H2,1-3H3,(H,15,17)(H,16,18). The van der Waals surface area contributed by atoms with Gasteiger partial charge in [-0.25, -0.2) is 4.98 Å². The zero-order chi connectivity index (χ0) is 14.0. The van der Waals surface area contributed by atoms with Gasteiger partial charge in [-0.05, 0) is 25.2 Å². The molecule has 6 heteroatoms. The summed E-state index contributed by atoms with van der Waals surface area (Å²) in [5, 5.41) is 7.05. The summed E-state index contributed by atoms with van der Waals surface area (Å²) in [5.74, 6) is 0.621. The summed E-state index contributed by atoms with van der Waals surface area (Å²) in [5.41, 5.74) is 5.83. The molecule has 0 aromatic carbocycles. The number of amides is 1. The Balaban J connectivity index is 2.03. The molecule has 0 bridgehead atoms. The second kappa shape index (κ2) is 5.77. The van der Waals surface area contributed by atoms with Crippen molar-refractivity contribution in [1.29, 1.82) is 0 Å². The molecular formula is C13H22N4OS. The second-order valence-electron chi connectivity index (χ2n) is 5.38. The van der Waals surface area contributed by atoms with Crippen molar-refractivity contribution in [3.05, 3.63) is 4.88 Å². The van der Waals surface area contributed by atoms with Gasteiger partial charge in [-0.2, -0.15) is 0 Å². The van der Waals surface area contributed by atoms with E-state index in [-0.39, 0.29) is 11.9 Å². The highest BCUT2D eigenvalue weighted by Crippen LogP contribution is 2.30. The highest BCUT2D eigenvalue weighted by atomic mass is 32.1. The first-order chi connectivity index (χ1) is 9.01. The summed E-state index contributed by atoms with van der Waals surface area (Å²) in [4.78, 5) is 16.9. The molecule has 19 heavy (non-hydrogen) atoms. The summed E-state index contributed by atoms with van der Waals surface area (Å²) in [7, 11) is 0. The Hall–Kier alpha value is -1.30. The van der Waals surface area contributed by atoms with Gasteiger partial charge in [-0.1, -0.05) is 32.1 Å². The molecule has 0 radical (unpaired) electrons. The average molecular weight is 282 g/mol. The van der Waals surface area contributed by atoms with Crippen LogP contribution in [-0.4, -0.2) is 23.0 Å². The van der Waals surface area contributed by atoms with Crippen molar-refractivity contribution in [2.45, 2.75) is 52.1 Å². The maximum Gasteiger partial charge on any atom is 0.265 e. The molecule has 1 aliphatic rings. The van der Waals surface area contributed by atoms with Gasteiger partial charge in [0.2, 0.25) is 0 Å². The average Bonchev–Trinajstić information content (AvgIpc) is 3.08. The zero-order valence-corrected chi connectivity index (χ0v) is 12.5. The number of nitrogens with one attached hydrogen (secondary N) is 2. The maximum absolute atomic E-state index is 12.2. The number of hydrogen-bond donors (Lipinski definition) is 3. The predicted octanol–water partition coefficient (Wildman–Crippen LogP) is 2.46. The lowest BCUT2D eigenvalue weighted by molar-refractivity contribution is 0.0929. The first-order valence-corrected chi connectivity index (χ1v) is 7.66. The van der Waals surface area contributed by atoms with Gasteiger partial charge in [0.1, 0.15) is 10.7 Å². The van der Waals surface area contributed by atoms with E-state index in [1.807, 2.05) is 0 Å². The van der Waals surface area contributed by atoms with Crippen molar-refractivity contribution in [3.8, 4) is 0 Å². The van der Waals surface area contributed by atoms with Crippen LogP contribution in [0.25, 0.3) is 0 Å². The quantitative estimate of drug-likeness (QED) is 0.749. The molecule has 5 nitrogen and oxygen atoms in total. The van der Waals surface area contributed by atoms with Crippen LogP contribution < -0.4 is 16.4 Å². The van der Waals surface area contributed by atoms with E-state index in [1.54, 1.807) is 0 Å². The molecule has 0 saturated heterocycles. The predicted molar refractivity (Wildman–Crippen MR) is 79.6 cm³/mol. The summed E-state index contributed by atoms with van der Waals surface area (Å²) in [6.07, 6.45) is 3.26. The summed E-state index contributed by atoms with van der Waals surface area (Å²) in [6.45, 7) is 6.27. The van der Waals surface area contributed by atoms with Gasteiger partial charge in [0.05, 0.1) is 0 Å². The van der Waals surface area contributed by atoms with Gasteiger partial charge in [-0.15, -0.1) is 0 Å². The minimum Gasteiger partial charge on any atom is -0.382 e. The minimum absolute atomic E-state index is 0.112. The number of nitrogens with zero attached hydrogens (tertiary/aromatic N) is 1. The van der Waals surface area contributed by atoms with E-state index in [0.29, 0.717) is 22.7 Å². The normalized spacial score (nSPS) is 16.4. The third-order valence-electron chi connectivity index (χ3n) is 3.33. The van der Waals surface area contributed by atoms with E-state index in [4.69, 9.17) is 5.73 Å². The number of aromatic nitrogens is 1. The topological polar surface area (TPSA) is 80.0 Å². The van der Waals surface area contributed by atoms with Gasteiger partial charge < -0.3 is 16.4 Å². The molecule has 1 aliphatic carbocycles. The molecule has 106 valence electrons. The molecule has 1 fully saturated rings. The third kappa shape index (κ3) is 3.59. The molecule has 1 atom stereocenters. The Morgan fingerprint density at radius 2 is 2.21 bits per heavy atom. The summed E-state index contributed by atoms with van der Waals surface area (Å²) < 4.78 is 0. The van der Waals surface area contributed by atoms with Crippen LogP contribution in [0, 0.1) is 5.92 Å². The zero-order valence-electron chi connectivity index (χ0n) is 11.7. The van der Waals surface area contributed by atoms with Crippen molar-refractivity contribution in [2.24, 2.45) is 5.92 Å². The van der Waals surface area contributed by atoms with Crippen LogP contribution in [0.3, 0.4) is 0 Å². The Bertz CT molecular complexity index is 453. The smallest absolute Gasteiger partial charge is 0.265 e. The number of carbonyl (C=O) groups excluding carboxylic acids is 1. The van der Waals surface area contributed by atoms with Gasteiger partial charge in [-0.3, -0.25) is 4.79 Å². The van der Waals surface area contributed by atoms with E-state index in [1.165, 1.54) is 24.2 Å². The number of nitrogen functional groups attached to an aromatic ring is 1. The fourth-order valence-electron chi connectivity index (χ4n) is 1.93. The SMILES string of the molecule is CCC(NC(=O)c1sc(NC2CC2)nc1N)C(C)C. The monoisotopic (exact) mass is 282 g/mol. The number of anilines is 2.